The summed E-state index contributed by atoms with van der Waals surface area (Å²) in [6.07, 6.45) is 4.12. The van der Waals surface area contributed by atoms with Crippen LogP contribution in [-0.2, 0) is 16.5 Å². The van der Waals surface area contributed by atoms with Gasteiger partial charge in [0.2, 0.25) is 0 Å². The summed E-state index contributed by atoms with van der Waals surface area (Å²) in [5.41, 5.74) is -4.50. The molecule has 1 unspecified atom stereocenters. The number of nitrogens with one attached hydrogen (secondary N) is 1. The molecule has 2 rings (SSSR count). The number of benzene rings is 1. The maximum absolute atomic E-state index is 12.2. The predicted octanol–water partition coefficient (Wildman–Crippen LogP) is 2.60. The Balaban J connectivity index is 1.99. The number of rotatable bonds is 4. The highest BCUT2D eigenvalue weighted by molar-refractivity contribution is 7.87. The molecule has 0 aliphatic carbocycles. The lowest BCUT2D eigenvalue weighted by molar-refractivity contribution is -0.0500. The zero-order valence-corrected chi connectivity index (χ0v) is 12.0. The SMILES string of the molecule is O=S(=O)(Oc1ccc(CC2CCCCN2)cc1)C(F)(F)F. The van der Waals surface area contributed by atoms with Crippen LogP contribution in [0.4, 0.5) is 13.2 Å². The second kappa shape index (κ2) is 6.23. The van der Waals surface area contributed by atoms with Crippen molar-refractivity contribution in [1.82, 2.24) is 5.32 Å². The third-order valence-corrected chi connectivity index (χ3v) is 4.29. The van der Waals surface area contributed by atoms with Gasteiger partial charge >= 0.3 is 15.6 Å². The fourth-order valence-corrected chi connectivity index (χ4v) is 2.70. The van der Waals surface area contributed by atoms with Crippen molar-refractivity contribution in [3.05, 3.63) is 29.8 Å². The van der Waals surface area contributed by atoms with Crippen molar-refractivity contribution in [3.63, 3.8) is 0 Å². The fourth-order valence-electron chi connectivity index (χ4n) is 2.24. The molecule has 21 heavy (non-hydrogen) atoms. The van der Waals surface area contributed by atoms with Crippen molar-refractivity contribution >= 4 is 10.1 Å². The summed E-state index contributed by atoms with van der Waals surface area (Å²) in [7, 11) is -5.60. The molecule has 4 nitrogen and oxygen atoms in total. The van der Waals surface area contributed by atoms with Crippen LogP contribution in [0.3, 0.4) is 0 Å². The van der Waals surface area contributed by atoms with Crippen LogP contribution in [0, 0.1) is 0 Å². The number of hydrogen-bond acceptors (Lipinski definition) is 4. The van der Waals surface area contributed by atoms with E-state index in [0.29, 0.717) is 6.04 Å². The highest BCUT2D eigenvalue weighted by Crippen LogP contribution is 2.27. The molecule has 118 valence electrons. The normalized spacial score (nSPS) is 20.2. The standard InChI is InChI=1S/C13H16F3NO3S/c14-13(15,16)21(18,19)20-12-6-4-10(5-7-12)9-11-3-1-2-8-17-11/h4-7,11,17H,1-3,8-9H2. The summed E-state index contributed by atoms with van der Waals surface area (Å²) < 4.78 is 62.3. The zero-order valence-electron chi connectivity index (χ0n) is 11.2. The van der Waals surface area contributed by atoms with Gasteiger partial charge in [-0.15, -0.1) is 0 Å². The third kappa shape index (κ3) is 4.34. The topological polar surface area (TPSA) is 55.4 Å². The van der Waals surface area contributed by atoms with Crippen molar-refractivity contribution < 1.29 is 25.8 Å². The van der Waals surface area contributed by atoms with Crippen molar-refractivity contribution in [2.75, 3.05) is 6.54 Å². The van der Waals surface area contributed by atoms with Gasteiger partial charge in [-0.05, 0) is 43.5 Å². The molecule has 1 aromatic rings. The molecule has 0 aromatic heterocycles. The van der Waals surface area contributed by atoms with E-state index in [1.807, 2.05) is 0 Å². The van der Waals surface area contributed by atoms with Crippen molar-refractivity contribution in [3.8, 4) is 5.75 Å². The predicted molar refractivity (Wildman–Crippen MR) is 71.4 cm³/mol. The summed E-state index contributed by atoms with van der Waals surface area (Å²) in [6, 6.07) is 5.99. The second-order valence-electron chi connectivity index (χ2n) is 4.98. The Morgan fingerprint density at radius 2 is 1.86 bits per heavy atom. The summed E-state index contributed by atoms with van der Waals surface area (Å²) in [5, 5.41) is 3.36. The Bertz CT molecular complexity index is 563. The molecule has 1 N–H and O–H groups in total. The first-order chi connectivity index (χ1) is 9.78. The van der Waals surface area contributed by atoms with Gasteiger partial charge < -0.3 is 9.50 Å². The van der Waals surface area contributed by atoms with Gasteiger partial charge in [0, 0.05) is 6.04 Å². The van der Waals surface area contributed by atoms with E-state index >= 15 is 0 Å². The van der Waals surface area contributed by atoms with Crippen LogP contribution >= 0.6 is 0 Å². The average Bonchev–Trinajstić information content (AvgIpc) is 2.41. The minimum atomic E-state index is -5.60. The number of hydrogen-bond donors (Lipinski definition) is 1. The highest BCUT2D eigenvalue weighted by Gasteiger charge is 2.48. The lowest BCUT2D eigenvalue weighted by Crippen LogP contribution is -2.35. The molecule has 1 saturated heterocycles. The molecule has 0 bridgehead atoms. The third-order valence-electron chi connectivity index (χ3n) is 3.31. The smallest absolute Gasteiger partial charge is 0.376 e. The summed E-state index contributed by atoms with van der Waals surface area (Å²) in [4.78, 5) is 0. The van der Waals surface area contributed by atoms with Crippen LogP contribution in [-0.4, -0.2) is 26.5 Å². The molecule has 0 radical (unpaired) electrons. The van der Waals surface area contributed by atoms with Crippen LogP contribution in [0.2, 0.25) is 0 Å². The summed E-state index contributed by atoms with van der Waals surface area (Å²) >= 11 is 0. The van der Waals surface area contributed by atoms with Crippen LogP contribution in [0.15, 0.2) is 24.3 Å². The Hall–Kier alpha value is -1.28. The Kier molecular flexibility index (Phi) is 4.77. The van der Waals surface area contributed by atoms with Crippen molar-refractivity contribution in [2.24, 2.45) is 0 Å². The monoisotopic (exact) mass is 323 g/mol. The quantitative estimate of drug-likeness (QED) is 0.683. The molecule has 1 aliphatic heterocycles. The average molecular weight is 323 g/mol. The van der Waals surface area contributed by atoms with Gasteiger partial charge in [0.15, 0.2) is 0 Å². The molecule has 1 aliphatic rings. The van der Waals surface area contributed by atoms with Crippen LogP contribution in [0.5, 0.6) is 5.75 Å². The maximum Gasteiger partial charge on any atom is 0.534 e. The van der Waals surface area contributed by atoms with Gasteiger partial charge in [-0.2, -0.15) is 21.6 Å². The van der Waals surface area contributed by atoms with E-state index in [0.717, 1.165) is 37.8 Å². The number of alkyl halides is 3. The van der Waals surface area contributed by atoms with Gasteiger partial charge in [-0.25, -0.2) is 0 Å². The second-order valence-corrected chi connectivity index (χ2v) is 6.52. The Morgan fingerprint density at radius 3 is 2.38 bits per heavy atom. The molecule has 0 amide bonds. The first kappa shape index (κ1) is 16.1. The van der Waals surface area contributed by atoms with E-state index < -0.39 is 15.6 Å². The van der Waals surface area contributed by atoms with E-state index in [4.69, 9.17) is 0 Å². The van der Waals surface area contributed by atoms with Crippen LogP contribution in [0.25, 0.3) is 0 Å². The van der Waals surface area contributed by atoms with Gasteiger partial charge in [-0.3, -0.25) is 0 Å². The molecular weight excluding hydrogens is 307 g/mol. The van der Waals surface area contributed by atoms with E-state index in [1.54, 1.807) is 12.1 Å². The largest absolute Gasteiger partial charge is 0.534 e. The minimum Gasteiger partial charge on any atom is -0.376 e. The molecule has 1 atom stereocenters. The van der Waals surface area contributed by atoms with Crippen LogP contribution in [0.1, 0.15) is 24.8 Å². The number of piperidine rings is 1. The van der Waals surface area contributed by atoms with Crippen LogP contribution < -0.4 is 9.50 Å². The molecular formula is C13H16F3NO3S. The maximum atomic E-state index is 12.2. The molecule has 1 aromatic carbocycles. The first-order valence-electron chi connectivity index (χ1n) is 6.61. The highest BCUT2D eigenvalue weighted by atomic mass is 32.2. The fraction of sp³-hybridized carbons (Fsp3) is 0.538. The minimum absolute atomic E-state index is 0.340. The lowest BCUT2D eigenvalue weighted by atomic mass is 9.98. The van der Waals surface area contributed by atoms with Gasteiger partial charge in [-0.1, -0.05) is 18.6 Å². The molecule has 8 heteroatoms. The number of halogens is 3. The van der Waals surface area contributed by atoms with E-state index in [2.05, 4.69) is 9.50 Å². The van der Waals surface area contributed by atoms with Gasteiger partial charge in [0.25, 0.3) is 0 Å². The summed E-state index contributed by atoms with van der Waals surface area (Å²) in [6.45, 7) is 0.968. The molecule has 0 spiro atoms. The van der Waals surface area contributed by atoms with Crippen molar-refractivity contribution in [2.45, 2.75) is 37.2 Å². The molecule has 1 fully saturated rings. The first-order valence-corrected chi connectivity index (χ1v) is 8.02. The van der Waals surface area contributed by atoms with Crippen molar-refractivity contribution in [1.29, 1.82) is 0 Å². The van der Waals surface area contributed by atoms with Gasteiger partial charge in [0.1, 0.15) is 5.75 Å². The van der Waals surface area contributed by atoms with Gasteiger partial charge in [0.05, 0.1) is 0 Å². The lowest BCUT2D eigenvalue weighted by Gasteiger charge is -2.23. The molecule has 0 saturated carbocycles. The van der Waals surface area contributed by atoms with E-state index in [-0.39, 0.29) is 5.75 Å². The Morgan fingerprint density at radius 1 is 1.19 bits per heavy atom. The van der Waals surface area contributed by atoms with E-state index in [1.165, 1.54) is 12.1 Å². The zero-order chi connectivity index (χ0) is 15.5. The summed E-state index contributed by atoms with van der Waals surface area (Å²) in [5.74, 6) is -0.340. The molecule has 1 heterocycles. The Labute approximate surface area is 121 Å². The van der Waals surface area contributed by atoms with E-state index in [9.17, 15) is 21.6 Å².